The van der Waals surface area contributed by atoms with Crippen molar-refractivity contribution in [3.63, 3.8) is 0 Å². The summed E-state index contributed by atoms with van der Waals surface area (Å²) in [5, 5.41) is 2.99. The summed E-state index contributed by atoms with van der Waals surface area (Å²) in [7, 11) is 3.21. The second-order valence-corrected chi connectivity index (χ2v) is 4.89. The largest absolute Gasteiger partial charge is 0.493 e. The molecule has 0 spiro atoms. The molecular formula is C16H21NO3. The van der Waals surface area contributed by atoms with E-state index in [9.17, 15) is 4.79 Å². The van der Waals surface area contributed by atoms with Gasteiger partial charge in [0.25, 0.3) is 0 Å². The summed E-state index contributed by atoms with van der Waals surface area (Å²) in [4.78, 5) is 12.0. The van der Waals surface area contributed by atoms with Gasteiger partial charge in [0.15, 0.2) is 11.5 Å². The summed E-state index contributed by atoms with van der Waals surface area (Å²) in [6, 6.07) is 5.67. The second-order valence-electron chi connectivity index (χ2n) is 4.89. The molecule has 108 valence electrons. The van der Waals surface area contributed by atoms with Crippen LogP contribution in [0.5, 0.6) is 11.5 Å². The van der Waals surface area contributed by atoms with E-state index in [1.54, 1.807) is 14.2 Å². The van der Waals surface area contributed by atoms with Crippen molar-refractivity contribution in [2.75, 3.05) is 14.2 Å². The molecule has 0 radical (unpaired) electrons. The van der Waals surface area contributed by atoms with Gasteiger partial charge in [-0.05, 0) is 37.0 Å². The van der Waals surface area contributed by atoms with Gasteiger partial charge in [0.2, 0.25) is 5.91 Å². The Kier molecular flexibility index (Phi) is 5.04. The van der Waals surface area contributed by atoms with Crippen LogP contribution in [-0.4, -0.2) is 20.1 Å². The third kappa shape index (κ3) is 3.53. The van der Waals surface area contributed by atoms with Gasteiger partial charge in [-0.25, -0.2) is 0 Å². The molecule has 1 aliphatic carbocycles. The van der Waals surface area contributed by atoms with Crippen molar-refractivity contribution >= 4 is 5.91 Å². The van der Waals surface area contributed by atoms with Gasteiger partial charge >= 0.3 is 0 Å². The average molecular weight is 275 g/mol. The third-order valence-corrected chi connectivity index (χ3v) is 3.55. The number of nitrogens with one attached hydrogen (secondary N) is 1. The molecule has 2 rings (SSSR count). The van der Waals surface area contributed by atoms with Gasteiger partial charge in [0, 0.05) is 12.5 Å². The summed E-state index contributed by atoms with van der Waals surface area (Å²) in [6.45, 7) is 0.513. The molecular weight excluding hydrogens is 254 g/mol. The molecule has 1 aliphatic rings. The molecule has 1 N–H and O–H groups in total. The van der Waals surface area contributed by atoms with Crippen molar-refractivity contribution in [3.05, 3.63) is 35.9 Å². The van der Waals surface area contributed by atoms with Crippen molar-refractivity contribution in [3.8, 4) is 11.5 Å². The topological polar surface area (TPSA) is 47.6 Å². The molecule has 4 heteroatoms. The van der Waals surface area contributed by atoms with Gasteiger partial charge in [0.1, 0.15) is 0 Å². The zero-order valence-corrected chi connectivity index (χ0v) is 12.0. The van der Waals surface area contributed by atoms with Crippen LogP contribution in [0.2, 0.25) is 0 Å². The highest BCUT2D eigenvalue weighted by Gasteiger charge is 2.18. The van der Waals surface area contributed by atoms with E-state index < -0.39 is 0 Å². The number of methoxy groups -OCH3 is 2. The highest BCUT2D eigenvalue weighted by Crippen LogP contribution is 2.27. The van der Waals surface area contributed by atoms with Crippen molar-refractivity contribution in [2.45, 2.75) is 25.8 Å². The standard InChI is InChI=1S/C16H21NO3/c1-19-14-9-8-12(10-15(14)20-2)11-17-16(18)13-6-4-3-5-7-13/h3-4,8-10,13H,5-7,11H2,1-2H3,(H,17,18)/t13-/m1/s1. The lowest BCUT2D eigenvalue weighted by Crippen LogP contribution is -2.30. The predicted octanol–water partition coefficient (Wildman–Crippen LogP) is 2.68. The molecule has 4 nitrogen and oxygen atoms in total. The first-order chi connectivity index (χ1) is 9.74. The maximum Gasteiger partial charge on any atom is 0.223 e. The van der Waals surface area contributed by atoms with Crippen molar-refractivity contribution in [2.24, 2.45) is 5.92 Å². The molecule has 1 aromatic carbocycles. The zero-order chi connectivity index (χ0) is 14.4. The SMILES string of the molecule is COc1ccc(CNC(=O)[C@@H]2CC=CCC2)cc1OC. The number of carbonyl (C=O) groups is 1. The van der Waals surface area contributed by atoms with Gasteiger partial charge < -0.3 is 14.8 Å². The number of allylic oxidation sites excluding steroid dienone is 2. The fourth-order valence-electron chi connectivity index (χ4n) is 2.36. The number of rotatable bonds is 5. The van der Waals surface area contributed by atoms with Gasteiger partial charge in [0.05, 0.1) is 14.2 Å². The highest BCUT2D eigenvalue weighted by molar-refractivity contribution is 5.79. The normalized spacial score (nSPS) is 17.6. The molecule has 0 heterocycles. The van der Waals surface area contributed by atoms with Crippen LogP contribution in [0.1, 0.15) is 24.8 Å². The van der Waals surface area contributed by atoms with Crippen LogP contribution in [0.25, 0.3) is 0 Å². The molecule has 1 atom stereocenters. The zero-order valence-electron chi connectivity index (χ0n) is 12.0. The summed E-state index contributed by atoms with van der Waals surface area (Å²) >= 11 is 0. The molecule has 20 heavy (non-hydrogen) atoms. The molecule has 0 fully saturated rings. The smallest absolute Gasteiger partial charge is 0.223 e. The Hall–Kier alpha value is -1.97. The van der Waals surface area contributed by atoms with Crippen molar-refractivity contribution < 1.29 is 14.3 Å². The summed E-state index contributed by atoms with van der Waals surface area (Å²) < 4.78 is 10.4. The van der Waals surface area contributed by atoms with Crippen LogP contribution >= 0.6 is 0 Å². The van der Waals surface area contributed by atoms with E-state index >= 15 is 0 Å². The van der Waals surface area contributed by atoms with Crippen molar-refractivity contribution in [1.29, 1.82) is 0 Å². The summed E-state index contributed by atoms with van der Waals surface area (Å²) in [5.41, 5.74) is 1.00. The van der Waals surface area contributed by atoms with E-state index in [1.807, 2.05) is 18.2 Å². The molecule has 0 unspecified atom stereocenters. The molecule has 0 bridgehead atoms. The molecule has 0 saturated heterocycles. The average Bonchev–Trinajstić information content (AvgIpc) is 2.53. The van der Waals surface area contributed by atoms with Gasteiger partial charge in [-0.3, -0.25) is 4.79 Å². The fraction of sp³-hybridized carbons (Fsp3) is 0.438. The third-order valence-electron chi connectivity index (χ3n) is 3.55. The Morgan fingerprint density at radius 2 is 2.05 bits per heavy atom. The van der Waals surface area contributed by atoms with Crippen LogP contribution in [0.15, 0.2) is 30.4 Å². The Bertz CT molecular complexity index is 496. The Morgan fingerprint density at radius 1 is 1.25 bits per heavy atom. The van der Waals surface area contributed by atoms with Crippen molar-refractivity contribution in [1.82, 2.24) is 5.32 Å². The maximum absolute atomic E-state index is 12.0. The van der Waals surface area contributed by atoms with Crippen LogP contribution in [0, 0.1) is 5.92 Å². The Morgan fingerprint density at radius 3 is 2.70 bits per heavy atom. The van der Waals surface area contributed by atoms with Crippen LogP contribution in [0.4, 0.5) is 0 Å². The molecule has 1 aromatic rings. The second kappa shape index (κ2) is 6.98. The fourth-order valence-corrected chi connectivity index (χ4v) is 2.36. The van der Waals surface area contributed by atoms with Crippen LogP contribution in [-0.2, 0) is 11.3 Å². The minimum absolute atomic E-state index is 0.111. The summed E-state index contributed by atoms with van der Waals surface area (Å²) in [5.74, 6) is 1.61. The van der Waals surface area contributed by atoms with Gasteiger partial charge in [-0.15, -0.1) is 0 Å². The lowest BCUT2D eigenvalue weighted by atomic mass is 9.93. The molecule has 1 amide bonds. The maximum atomic E-state index is 12.0. The summed E-state index contributed by atoms with van der Waals surface area (Å²) in [6.07, 6.45) is 7.00. The lowest BCUT2D eigenvalue weighted by molar-refractivity contribution is -0.125. The van der Waals surface area contributed by atoms with E-state index in [-0.39, 0.29) is 11.8 Å². The number of carbonyl (C=O) groups excluding carboxylic acids is 1. The molecule has 0 aliphatic heterocycles. The van der Waals surface area contributed by atoms with E-state index in [1.165, 1.54) is 0 Å². The van der Waals surface area contributed by atoms with E-state index in [2.05, 4.69) is 17.5 Å². The first kappa shape index (κ1) is 14.4. The number of benzene rings is 1. The number of amides is 1. The monoisotopic (exact) mass is 275 g/mol. The Labute approximate surface area is 119 Å². The first-order valence-corrected chi connectivity index (χ1v) is 6.88. The molecule has 0 aromatic heterocycles. The van der Waals surface area contributed by atoms with Crippen LogP contribution in [0.3, 0.4) is 0 Å². The minimum Gasteiger partial charge on any atom is -0.493 e. The highest BCUT2D eigenvalue weighted by atomic mass is 16.5. The van der Waals surface area contributed by atoms with Crippen LogP contribution < -0.4 is 14.8 Å². The number of ether oxygens (including phenoxy) is 2. The van der Waals surface area contributed by atoms with E-state index in [0.717, 1.165) is 24.8 Å². The van der Waals surface area contributed by atoms with Gasteiger partial charge in [-0.2, -0.15) is 0 Å². The number of hydrogen-bond donors (Lipinski definition) is 1. The first-order valence-electron chi connectivity index (χ1n) is 6.88. The minimum atomic E-state index is 0.111. The quantitative estimate of drug-likeness (QED) is 0.840. The lowest BCUT2D eigenvalue weighted by Gasteiger charge is -2.17. The van der Waals surface area contributed by atoms with E-state index in [0.29, 0.717) is 18.0 Å². The predicted molar refractivity (Wildman–Crippen MR) is 77.9 cm³/mol. The van der Waals surface area contributed by atoms with Gasteiger partial charge in [-0.1, -0.05) is 18.2 Å². The number of hydrogen-bond acceptors (Lipinski definition) is 3. The Balaban J connectivity index is 1.93. The molecule has 0 saturated carbocycles. The van der Waals surface area contributed by atoms with E-state index in [4.69, 9.17) is 9.47 Å².